The Bertz CT molecular complexity index is 952. The highest BCUT2D eigenvalue weighted by Gasteiger charge is 2.21. The van der Waals surface area contributed by atoms with E-state index in [1.807, 2.05) is 0 Å². The number of nitrogens with one attached hydrogen (secondary N) is 2. The van der Waals surface area contributed by atoms with Gasteiger partial charge in [0, 0.05) is 34.2 Å². The normalized spacial score (nSPS) is 33.6. The van der Waals surface area contributed by atoms with Crippen molar-refractivity contribution < 1.29 is 0 Å². The molecule has 5 rings (SSSR count). The number of aliphatic imine (C=N–C) groups is 2. The number of rotatable bonds is 0. The largest absolute Gasteiger partial charge is 0.356 e. The molecule has 0 aromatic carbocycles. The Morgan fingerprint density at radius 3 is 2.71 bits per heavy atom. The smallest absolute Gasteiger partial charge is 0.0655 e. The minimum atomic E-state index is 0.395. The second-order valence-electron chi connectivity index (χ2n) is 6.84. The minimum absolute atomic E-state index is 0.395. The first kappa shape index (κ1) is 13.9. The lowest BCUT2D eigenvalue weighted by atomic mass is 10.1. The van der Waals surface area contributed by atoms with E-state index in [0.29, 0.717) is 12.1 Å². The molecule has 2 atom stereocenters. The molecule has 2 N–H and O–H groups in total. The summed E-state index contributed by atoms with van der Waals surface area (Å²) in [5.74, 6) is 0. The van der Waals surface area contributed by atoms with Gasteiger partial charge in [-0.25, -0.2) is 4.99 Å². The Balaban J connectivity index is 1.61. The fourth-order valence-corrected chi connectivity index (χ4v) is 3.78. The highest BCUT2D eigenvalue weighted by Crippen LogP contribution is 2.21. The second-order valence-corrected chi connectivity index (χ2v) is 6.84. The Morgan fingerprint density at radius 1 is 0.875 bits per heavy atom. The lowest BCUT2D eigenvalue weighted by molar-refractivity contribution is 0.684. The lowest BCUT2D eigenvalue weighted by Gasteiger charge is -2.07. The van der Waals surface area contributed by atoms with Crippen LogP contribution in [0.2, 0.25) is 0 Å². The van der Waals surface area contributed by atoms with E-state index in [2.05, 4.69) is 58.9 Å². The van der Waals surface area contributed by atoms with Crippen molar-refractivity contribution in [1.82, 2.24) is 10.3 Å². The maximum absolute atomic E-state index is 4.75. The zero-order valence-corrected chi connectivity index (χ0v) is 13.5. The van der Waals surface area contributed by atoms with Gasteiger partial charge >= 0.3 is 0 Å². The van der Waals surface area contributed by atoms with Gasteiger partial charge in [0.25, 0.3) is 0 Å². The Hall–Kier alpha value is -2.46. The molecule has 0 amide bonds. The molecule has 4 aliphatic heterocycles. The third kappa shape index (κ3) is 2.74. The van der Waals surface area contributed by atoms with E-state index in [0.717, 1.165) is 53.8 Å². The first-order chi connectivity index (χ1) is 11.8. The molecule has 4 nitrogen and oxygen atoms in total. The van der Waals surface area contributed by atoms with Crippen LogP contribution in [-0.4, -0.2) is 28.5 Å². The van der Waals surface area contributed by atoms with Gasteiger partial charge in [-0.05, 0) is 74.3 Å². The fourth-order valence-electron chi connectivity index (χ4n) is 3.78. The van der Waals surface area contributed by atoms with Crippen molar-refractivity contribution >= 4 is 23.6 Å². The summed E-state index contributed by atoms with van der Waals surface area (Å²) in [5.41, 5.74) is 4.33. The summed E-state index contributed by atoms with van der Waals surface area (Å²) in [4.78, 5) is 13.0. The monoisotopic (exact) mass is 316 g/mol. The molecule has 1 saturated heterocycles. The highest BCUT2D eigenvalue weighted by molar-refractivity contribution is 6.13. The zero-order valence-electron chi connectivity index (χ0n) is 13.5. The maximum Gasteiger partial charge on any atom is 0.0655 e. The third-order valence-corrected chi connectivity index (χ3v) is 4.94. The van der Waals surface area contributed by atoms with Crippen LogP contribution in [0.1, 0.15) is 25.7 Å². The molecule has 4 aliphatic rings. The molecular weight excluding hydrogens is 296 g/mol. The van der Waals surface area contributed by atoms with Gasteiger partial charge in [0.05, 0.1) is 11.4 Å². The van der Waals surface area contributed by atoms with Crippen molar-refractivity contribution in [2.45, 2.75) is 37.8 Å². The molecule has 1 fully saturated rings. The standard InChI is InChI=1S/C20H20N4/c1-2-14-10-16-5-6-18(23-16)12-20-8-7-19(24-20)11-17-4-3-15(22-17)9-13(1)21-14/h1-2,7-12,15,17,21-22H,3-6H2/b13-9-,14-10?,18-12-,19-11-. The van der Waals surface area contributed by atoms with Gasteiger partial charge in [0.15, 0.2) is 0 Å². The summed E-state index contributed by atoms with van der Waals surface area (Å²) < 4.78 is 0. The topological polar surface area (TPSA) is 52.5 Å². The molecular formula is C20H20N4. The van der Waals surface area contributed by atoms with E-state index in [4.69, 9.17) is 9.98 Å². The van der Waals surface area contributed by atoms with Gasteiger partial charge in [-0.2, -0.15) is 0 Å². The van der Waals surface area contributed by atoms with E-state index in [1.54, 1.807) is 0 Å². The van der Waals surface area contributed by atoms with Gasteiger partial charge < -0.3 is 10.3 Å². The fraction of sp³-hybridized carbons (Fsp3) is 0.300. The van der Waals surface area contributed by atoms with Crippen LogP contribution in [0.4, 0.5) is 0 Å². The molecule has 2 unspecified atom stereocenters. The van der Waals surface area contributed by atoms with E-state index in [1.165, 1.54) is 5.35 Å². The van der Waals surface area contributed by atoms with Gasteiger partial charge in [-0.3, -0.25) is 4.99 Å². The summed E-state index contributed by atoms with van der Waals surface area (Å²) in [7, 11) is 0. The van der Waals surface area contributed by atoms with Crippen molar-refractivity contribution in [2.24, 2.45) is 9.98 Å². The number of aromatic amines is 1. The predicted molar refractivity (Wildman–Crippen MR) is 98.3 cm³/mol. The van der Waals surface area contributed by atoms with Crippen LogP contribution in [0.5, 0.6) is 0 Å². The van der Waals surface area contributed by atoms with Crippen molar-refractivity contribution in [2.75, 3.05) is 0 Å². The van der Waals surface area contributed by atoms with Crippen LogP contribution >= 0.6 is 0 Å². The molecule has 5 heterocycles. The number of hydrogen-bond acceptors (Lipinski definition) is 3. The van der Waals surface area contributed by atoms with Crippen molar-refractivity contribution in [3.8, 4) is 0 Å². The number of hydrogen-bond donors (Lipinski definition) is 2. The number of allylic oxidation sites excluding steroid dienone is 4. The second kappa shape index (κ2) is 5.56. The third-order valence-electron chi connectivity index (χ3n) is 4.94. The predicted octanol–water partition coefficient (Wildman–Crippen LogP) is 1.72. The van der Waals surface area contributed by atoms with E-state index < -0.39 is 0 Å². The van der Waals surface area contributed by atoms with Crippen LogP contribution < -0.4 is 16.0 Å². The summed E-state index contributed by atoms with van der Waals surface area (Å²) in [6.07, 6.45) is 17.3. The van der Waals surface area contributed by atoms with Gasteiger partial charge in [0.2, 0.25) is 0 Å². The molecule has 0 spiro atoms. The molecule has 120 valence electrons. The van der Waals surface area contributed by atoms with Crippen molar-refractivity contribution in [3.05, 3.63) is 58.5 Å². The Kier molecular flexibility index (Phi) is 3.23. The SMILES string of the molecule is C1=C/C2=C/C3CCC(/C=c4/ccc([nH]4)=CC4=N/C(=C\C1=N2)CC4)N3. The Labute approximate surface area is 140 Å². The molecule has 24 heavy (non-hydrogen) atoms. The number of H-pyrrole nitrogens is 1. The van der Waals surface area contributed by atoms with Crippen LogP contribution in [0.3, 0.4) is 0 Å². The van der Waals surface area contributed by atoms with Crippen LogP contribution in [0.15, 0.2) is 57.8 Å². The van der Waals surface area contributed by atoms with Crippen LogP contribution in [0.25, 0.3) is 12.2 Å². The molecule has 0 aliphatic carbocycles. The summed E-state index contributed by atoms with van der Waals surface area (Å²) >= 11 is 0. The Morgan fingerprint density at radius 2 is 1.75 bits per heavy atom. The molecule has 8 bridgehead atoms. The zero-order chi connectivity index (χ0) is 15.9. The van der Waals surface area contributed by atoms with Crippen molar-refractivity contribution in [3.63, 3.8) is 0 Å². The highest BCUT2D eigenvalue weighted by atomic mass is 15.0. The summed E-state index contributed by atoms with van der Waals surface area (Å²) in [6.45, 7) is 0. The maximum atomic E-state index is 4.75. The molecule has 0 radical (unpaired) electrons. The van der Waals surface area contributed by atoms with E-state index in [-0.39, 0.29) is 0 Å². The summed E-state index contributed by atoms with van der Waals surface area (Å²) in [5, 5.41) is 5.98. The molecule has 1 aromatic rings. The summed E-state index contributed by atoms with van der Waals surface area (Å²) in [6, 6.07) is 5.10. The number of aromatic nitrogens is 1. The van der Waals surface area contributed by atoms with Crippen molar-refractivity contribution in [1.29, 1.82) is 0 Å². The van der Waals surface area contributed by atoms with Gasteiger partial charge in [-0.15, -0.1) is 0 Å². The average molecular weight is 316 g/mol. The lowest BCUT2D eigenvalue weighted by Crippen LogP contribution is -2.28. The van der Waals surface area contributed by atoms with Crippen LogP contribution in [0, 0.1) is 0 Å². The first-order valence-corrected chi connectivity index (χ1v) is 8.72. The van der Waals surface area contributed by atoms with E-state index in [9.17, 15) is 0 Å². The quantitative estimate of drug-likeness (QED) is 0.752. The molecule has 1 aromatic heterocycles. The average Bonchev–Trinajstić information content (AvgIpc) is 3.32. The van der Waals surface area contributed by atoms with Crippen LogP contribution in [-0.2, 0) is 0 Å². The minimum Gasteiger partial charge on any atom is -0.356 e. The van der Waals surface area contributed by atoms with Gasteiger partial charge in [-0.1, -0.05) is 0 Å². The number of nitrogens with zero attached hydrogens (tertiary/aromatic N) is 2. The molecule has 4 heteroatoms. The van der Waals surface area contributed by atoms with E-state index >= 15 is 0 Å². The van der Waals surface area contributed by atoms with Gasteiger partial charge in [0.1, 0.15) is 0 Å². The molecule has 0 saturated carbocycles. The number of fused-ring (bicyclic) bond motifs is 6. The first-order valence-electron chi connectivity index (χ1n) is 8.72.